The molecule has 0 aliphatic heterocycles. The fraction of sp³-hybridized carbons (Fsp3) is 0.500. The van der Waals surface area contributed by atoms with E-state index in [1.54, 1.807) is 32.2 Å². The molecule has 0 aromatic carbocycles. The van der Waals surface area contributed by atoms with Gasteiger partial charge in [-0.2, -0.15) is 17.5 Å². The molecule has 0 aliphatic rings. The monoisotopic (exact) mass is 341 g/mol. The highest BCUT2D eigenvalue weighted by atomic mass is 32.3. The summed E-state index contributed by atoms with van der Waals surface area (Å²) in [6, 6.07) is 2.21. The second kappa shape index (κ2) is 6.37. The van der Waals surface area contributed by atoms with Crippen molar-refractivity contribution in [3.05, 3.63) is 29.6 Å². The fourth-order valence-corrected chi connectivity index (χ4v) is 3.36. The molecule has 120 valence electrons. The molecule has 0 bridgehead atoms. The lowest BCUT2D eigenvalue weighted by molar-refractivity contribution is -0.141. The molecule has 0 aliphatic carbocycles. The number of alkyl halides is 3. The van der Waals surface area contributed by atoms with Crippen LogP contribution in [-0.2, 0) is 16.3 Å². The minimum Gasteiger partial charge on any atom is -0.353 e. The van der Waals surface area contributed by atoms with Crippen molar-refractivity contribution in [3.63, 3.8) is 0 Å². The van der Waals surface area contributed by atoms with Crippen LogP contribution in [0.1, 0.15) is 23.4 Å². The van der Waals surface area contributed by atoms with Crippen LogP contribution in [0.15, 0.2) is 22.7 Å². The number of thiocarbonyl (C=S) groups is 1. The Morgan fingerprint density at radius 2 is 2.00 bits per heavy atom. The van der Waals surface area contributed by atoms with E-state index < -0.39 is 27.2 Å². The molecule has 1 N–H and O–H groups in total. The average molecular weight is 341 g/mol. The van der Waals surface area contributed by atoms with Crippen molar-refractivity contribution in [2.75, 3.05) is 20.4 Å². The van der Waals surface area contributed by atoms with Gasteiger partial charge in [0.25, 0.3) is 0 Å². The van der Waals surface area contributed by atoms with Crippen LogP contribution in [0, 0.1) is 0 Å². The molecule has 1 atom stereocenters. The third kappa shape index (κ3) is 4.72. The third-order valence-corrected chi connectivity index (χ3v) is 5.92. The van der Waals surface area contributed by atoms with Gasteiger partial charge in [0.2, 0.25) is 5.11 Å². The molecular weight excluding hydrogens is 323 g/mol. The van der Waals surface area contributed by atoms with Gasteiger partial charge in [-0.1, -0.05) is 16.2 Å². The molecule has 1 unspecified atom stereocenters. The molecule has 1 aromatic rings. The second-order valence-corrected chi connectivity index (χ2v) is 8.20. The first-order chi connectivity index (χ1) is 9.45. The number of thiol groups is 1. The molecule has 0 fully saturated rings. The van der Waals surface area contributed by atoms with Crippen LogP contribution in [-0.4, -0.2) is 39.9 Å². The van der Waals surface area contributed by atoms with Crippen molar-refractivity contribution in [2.45, 2.75) is 18.3 Å². The molecule has 21 heavy (non-hydrogen) atoms. The topological polar surface area (TPSA) is 48.7 Å². The molecule has 1 heterocycles. The summed E-state index contributed by atoms with van der Waals surface area (Å²) in [4.78, 5) is 4.98. The zero-order valence-corrected chi connectivity index (χ0v) is 13.8. The molecule has 0 amide bonds. The van der Waals surface area contributed by atoms with Crippen LogP contribution in [0.5, 0.6) is 0 Å². The lowest BCUT2D eigenvalue weighted by Crippen LogP contribution is -2.24. The minimum absolute atomic E-state index is 0.250. The number of hydrogen-bond donors (Lipinski definition) is 2. The number of hydrogen-bond acceptors (Lipinski definition) is 2. The van der Waals surface area contributed by atoms with Crippen LogP contribution in [0.25, 0.3) is 0 Å². The van der Waals surface area contributed by atoms with E-state index in [0.717, 1.165) is 12.3 Å². The zero-order chi connectivity index (χ0) is 16.4. The van der Waals surface area contributed by atoms with E-state index in [-0.39, 0.29) is 5.11 Å². The SMILES string of the molecule is CC(c1ccc(C(F)(F)F)nc1)[SH](C)(O)=NC(=S)N(C)C. The van der Waals surface area contributed by atoms with E-state index in [0.29, 0.717) is 5.56 Å². The van der Waals surface area contributed by atoms with E-state index in [1.165, 1.54) is 6.07 Å². The Morgan fingerprint density at radius 1 is 1.43 bits per heavy atom. The van der Waals surface area contributed by atoms with Gasteiger partial charge in [-0.15, -0.1) is 0 Å². The Balaban J connectivity index is 3.08. The van der Waals surface area contributed by atoms with Gasteiger partial charge in [-0.25, -0.2) is 0 Å². The van der Waals surface area contributed by atoms with Crippen LogP contribution in [0.3, 0.4) is 0 Å². The van der Waals surface area contributed by atoms with Crippen molar-refractivity contribution < 1.29 is 17.7 Å². The quantitative estimate of drug-likeness (QED) is 0.641. The predicted molar refractivity (Wildman–Crippen MR) is 83.7 cm³/mol. The van der Waals surface area contributed by atoms with Crippen molar-refractivity contribution in [3.8, 4) is 0 Å². The van der Waals surface area contributed by atoms with Crippen LogP contribution in [0.2, 0.25) is 0 Å². The number of halogens is 3. The van der Waals surface area contributed by atoms with Gasteiger partial charge in [-0.3, -0.25) is 4.98 Å². The highest BCUT2D eigenvalue weighted by Gasteiger charge is 2.32. The summed E-state index contributed by atoms with van der Waals surface area (Å²) in [5.41, 5.74) is -0.469. The largest absolute Gasteiger partial charge is 0.433 e. The molecule has 0 saturated carbocycles. The highest BCUT2D eigenvalue weighted by Crippen LogP contribution is 2.30. The Kier molecular flexibility index (Phi) is 5.46. The summed E-state index contributed by atoms with van der Waals surface area (Å²) in [7, 11) is 0.609. The number of nitrogens with zero attached hydrogens (tertiary/aromatic N) is 3. The third-order valence-electron chi connectivity index (χ3n) is 2.96. The molecule has 1 aromatic heterocycles. The van der Waals surface area contributed by atoms with Crippen molar-refractivity contribution >= 4 is 27.4 Å². The van der Waals surface area contributed by atoms with Crippen molar-refractivity contribution in [1.29, 1.82) is 0 Å². The van der Waals surface area contributed by atoms with E-state index in [9.17, 15) is 17.7 Å². The van der Waals surface area contributed by atoms with Gasteiger partial charge < -0.3 is 9.45 Å². The van der Waals surface area contributed by atoms with Gasteiger partial charge >= 0.3 is 6.18 Å². The van der Waals surface area contributed by atoms with Crippen LogP contribution in [0.4, 0.5) is 13.2 Å². The summed E-state index contributed by atoms with van der Waals surface area (Å²) in [5, 5.41) is -0.203. The number of pyridine rings is 1. The Labute approximate surface area is 128 Å². The zero-order valence-electron chi connectivity index (χ0n) is 12.1. The smallest absolute Gasteiger partial charge is 0.353 e. The van der Waals surface area contributed by atoms with E-state index in [2.05, 4.69) is 9.35 Å². The first kappa shape index (κ1) is 18.0. The average Bonchev–Trinajstić information content (AvgIpc) is 2.36. The molecule has 1 rings (SSSR count). The van der Waals surface area contributed by atoms with Crippen molar-refractivity contribution in [2.24, 2.45) is 4.36 Å². The summed E-state index contributed by atoms with van der Waals surface area (Å²) < 4.78 is 52.0. The molecule has 0 radical (unpaired) electrons. The van der Waals surface area contributed by atoms with E-state index in [1.807, 2.05) is 0 Å². The summed E-state index contributed by atoms with van der Waals surface area (Å²) in [5.74, 6) is 0. The molecular formula is C12H18F3N3OS2. The molecule has 9 heteroatoms. The molecule has 4 nitrogen and oxygen atoms in total. The predicted octanol–water partition coefficient (Wildman–Crippen LogP) is 3.18. The maximum absolute atomic E-state index is 12.5. The molecule has 0 saturated heterocycles. The maximum Gasteiger partial charge on any atom is 0.433 e. The molecule has 0 spiro atoms. The van der Waals surface area contributed by atoms with E-state index >= 15 is 0 Å². The Morgan fingerprint density at radius 3 is 2.38 bits per heavy atom. The lowest BCUT2D eigenvalue weighted by Gasteiger charge is -2.27. The standard InChI is InChI=1S/C12H18F3N3OS2/c1-8(21(4,19)17-11(20)18(2)3)9-5-6-10(16-7-9)12(13,14)15/h5-8,21H,1-4H3,(H,17,19,20). The minimum atomic E-state index is -4.48. The fourth-order valence-electron chi connectivity index (χ4n) is 1.45. The summed E-state index contributed by atoms with van der Waals surface area (Å²) in [6.07, 6.45) is -1.79. The summed E-state index contributed by atoms with van der Waals surface area (Å²) in [6.45, 7) is 1.69. The van der Waals surface area contributed by atoms with Gasteiger partial charge in [0.05, 0.1) is 0 Å². The maximum atomic E-state index is 12.5. The van der Waals surface area contributed by atoms with Gasteiger partial charge in [0, 0.05) is 25.5 Å². The second-order valence-electron chi connectivity index (χ2n) is 4.91. The van der Waals surface area contributed by atoms with Gasteiger partial charge in [-0.05, 0) is 37.0 Å². The normalized spacial score (nSPS) is 14.5. The Bertz CT molecular complexity index is 564. The van der Waals surface area contributed by atoms with E-state index in [4.69, 9.17) is 12.2 Å². The first-order valence-electron chi connectivity index (χ1n) is 6.02. The highest BCUT2D eigenvalue weighted by molar-refractivity contribution is 8.00. The van der Waals surface area contributed by atoms with Crippen molar-refractivity contribution in [1.82, 2.24) is 9.88 Å². The van der Waals surface area contributed by atoms with Gasteiger partial charge in [0.1, 0.15) is 5.69 Å². The van der Waals surface area contributed by atoms with Gasteiger partial charge in [0.15, 0.2) is 0 Å². The number of aromatic nitrogens is 1. The number of rotatable bonds is 2. The lowest BCUT2D eigenvalue weighted by atomic mass is 10.2. The van der Waals surface area contributed by atoms with Crippen LogP contribution >= 0.6 is 12.2 Å². The summed E-state index contributed by atoms with van der Waals surface area (Å²) >= 11 is 5.03. The first-order valence-corrected chi connectivity index (χ1v) is 8.63. The Hall–Kier alpha value is -1.06. The van der Waals surface area contributed by atoms with Crippen LogP contribution < -0.4 is 0 Å².